The molecular formula is C15H27NO20S3. The molecule has 0 bridgehead atoms. The van der Waals surface area contributed by atoms with Gasteiger partial charge in [0.25, 0.3) is 0 Å². The minimum Gasteiger partial charge on any atom is -0.479 e. The second-order valence-corrected chi connectivity index (χ2v) is 11.7. The van der Waals surface area contributed by atoms with E-state index in [-0.39, 0.29) is 0 Å². The van der Waals surface area contributed by atoms with E-state index in [1.165, 1.54) is 18.6 Å². The minimum atomic E-state index is -5.35. The molecule has 2 heterocycles. The molecule has 2 aliphatic rings. The average molecular weight is 638 g/mol. The summed E-state index contributed by atoms with van der Waals surface area (Å²) in [6.45, 7) is 1.59. The van der Waals surface area contributed by atoms with E-state index in [0.717, 1.165) is 0 Å². The van der Waals surface area contributed by atoms with Crippen molar-refractivity contribution in [2.24, 2.45) is 0 Å². The van der Waals surface area contributed by atoms with Gasteiger partial charge in [0, 0.05) is 0 Å². The van der Waals surface area contributed by atoms with Crippen LogP contribution in [0.1, 0.15) is 13.8 Å². The average Bonchev–Trinajstić information content (AvgIpc) is 2.73. The van der Waals surface area contributed by atoms with Crippen LogP contribution in [0.4, 0.5) is 0 Å². The van der Waals surface area contributed by atoms with E-state index in [9.17, 15) is 55.0 Å². The van der Waals surface area contributed by atoms with Gasteiger partial charge in [-0.3, -0.25) is 13.7 Å². The Morgan fingerprint density at radius 2 is 1.46 bits per heavy atom. The molecule has 10 atom stereocenters. The quantitative estimate of drug-likeness (QED) is 0.0930. The molecule has 0 aromatic heterocycles. The summed E-state index contributed by atoms with van der Waals surface area (Å²) >= 11 is 0. The normalized spacial score (nSPS) is 36.6. The van der Waals surface area contributed by atoms with Gasteiger partial charge in [0.15, 0.2) is 24.8 Å². The van der Waals surface area contributed by atoms with Crippen LogP contribution >= 0.6 is 0 Å². The van der Waals surface area contributed by atoms with Crippen LogP contribution in [0.5, 0.6) is 0 Å². The Morgan fingerprint density at radius 1 is 0.872 bits per heavy atom. The highest BCUT2D eigenvalue weighted by atomic mass is 32.3. The standard InChI is InChI=1S/C15H27NO20S3/c1-4(2)32-15-11(36-39(28,29)30)9(19)10(12(35-15)13(20)21)34-14-6(16-37(22,23)24)8(18)7(17)5(33-14)3-31-38(25,26)27/h4-12,14-19H,3H2,1-2H3,(H,20,21)(H,22,23,24)(H,25,26,27)(H,28,29,30)/t5-,6-,7-,8-,9+,10+,11-,12-,14-,15-/m1/s1. The van der Waals surface area contributed by atoms with Gasteiger partial charge in [-0.25, -0.2) is 13.2 Å². The number of carboxylic acid groups (broad SMARTS) is 1. The summed E-state index contributed by atoms with van der Waals surface area (Å²) in [6.07, 6.45) is -20.7. The maximum atomic E-state index is 11.9. The van der Waals surface area contributed by atoms with Gasteiger partial charge < -0.3 is 39.4 Å². The zero-order valence-corrected chi connectivity index (χ0v) is 22.2. The number of hydrogen-bond donors (Lipinski definition) is 8. The van der Waals surface area contributed by atoms with Crippen molar-refractivity contribution in [1.82, 2.24) is 4.72 Å². The van der Waals surface area contributed by atoms with Crippen LogP contribution in [0.15, 0.2) is 0 Å². The first-order chi connectivity index (χ1) is 17.6. The van der Waals surface area contributed by atoms with Gasteiger partial charge in [0.05, 0.1) is 12.7 Å². The molecule has 2 rings (SSSR count). The van der Waals surface area contributed by atoms with Gasteiger partial charge in [-0.2, -0.15) is 30.0 Å². The molecule has 8 N–H and O–H groups in total. The number of carbonyl (C=O) groups is 1. The molecule has 0 radical (unpaired) electrons. The van der Waals surface area contributed by atoms with Crippen molar-refractivity contribution in [2.75, 3.05) is 6.61 Å². The summed E-state index contributed by atoms with van der Waals surface area (Å²) in [4.78, 5) is 11.9. The number of aliphatic hydroxyl groups excluding tert-OH is 3. The van der Waals surface area contributed by atoms with Crippen LogP contribution in [-0.4, -0.2) is 139 Å². The molecule has 2 fully saturated rings. The first-order valence-corrected chi connectivity index (χ1v) is 14.7. The van der Waals surface area contributed by atoms with E-state index in [1.54, 1.807) is 0 Å². The van der Waals surface area contributed by atoms with Crippen molar-refractivity contribution >= 4 is 37.1 Å². The van der Waals surface area contributed by atoms with E-state index >= 15 is 0 Å². The van der Waals surface area contributed by atoms with Gasteiger partial charge in [0.1, 0.15) is 36.6 Å². The maximum absolute atomic E-state index is 11.9. The van der Waals surface area contributed by atoms with Crippen molar-refractivity contribution in [2.45, 2.75) is 81.3 Å². The lowest BCUT2D eigenvalue weighted by molar-refractivity contribution is -0.340. The number of rotatable bonds is 12. The lowest BCUT2D eigenvalue weighted by Crippen LogP contribution is -2.68. The van der Waals surface area contributed by atoms with E-state index in [1.807, 2.05) is 0 Å². The van der Waals surface area contributed by atoms with Gasteiger partial charge in [-0.15, -0.1) is 0 Å². The molecular weight excluding hydrogens is 610 g/mol. The smallest absolute Gasteiger partial charge is 0.397 e. The Morgan fingerprint density at radius 3 is 1.92 bits per heavy atom. The summed E-state index contributed by atoms with van der Waals surface area (Å²) in [5, 5.41) is 41.0. The van der Waals surface area contributed by atoms with Crippen molar-refractivity contribution in [3.8, 4) is 0 Å². The number of carboxylic acids is 1. The molecule has 0 unspecified atom stereocenters. The lowest BCUT2D eigenvalue weighted by atomic mass is 9.96. The molecule has 230 valence electrons. The Balaban J connectivity index is 2.48. The van der Waals surface area contributed by atoms with Gasteiger partial charge >= 0.3 is 37.1 Å². The molecule has 39 heavy (non-hydrogen) atoms. The molecule has 0 aromatic carbocycles. The second kappa shape index (κ2) is 12.8. The third-order valence-corrected chi connectivity index (χ3v) is 6.53. The van der Waals surface area contributed by atoms with Crippen LogP contribution in [0.25, 0.3) is 0 Å². The van der Waals surface area contributed by atoms with Crippen LogP contribution in [0.3, 0.4) is 0 Å². The molecule has 24 heteroatoms. The summed E-state index contributed by atoms with van der Waals surface area (Å²) in [5.41, 5.74) is 0. The van der Waals surface area contributed by atoms with Gasteiger partial charge in [-0.05, 0) is 13.8 Å². The minimum absolute atomic E-state index is 0.785. The van der Waals surface area contributed by atoms with E-state index in [2.05, 4.69) is 8.37 Å². The molecule has 0 aromatic rings. The molecule has 0 aliphatic carbocycles. The van der Waals surface area contributed by atoms with Crippen molar-refractivity contribution in [3.63, 3.8) is 0 Å². The van der Waals surface area contributed by atoms with Crippen molar-refractivity contribution in [1.29, 1.82) is 0 Å². The molecule has 0 saturated carbocycles. The Bertz CT molecular complexity index is 1170. The lowest BCUT2D eigenvalue weighted by Gasteiger charge is -2.46. The molecule has 2 aliphatic heterocycles. The third kappa shape index (κ3) is 9.99. The number of aliphatic carboxylic acids is 1. The van der Waals surface area contributed by atoms with Crippen LogP contribution in [-0.2, 0) is 63.2 Å². The monoisotopic (exact) mass is 637 g/mol. The fraction of sp³-hybridized carbons (Fsp3) is 0.933. The summed E-state index contributed by atoms with van der Waals surface area (Å²) in [5.74, 6) is -1.87. The predicted octanol–water partition coefficient (Wildman–Crippen LogP) is -4.82. The summed E-state index contributed by atoms with van der Waals surface area (Å²) in [7, 11) is -15.7. The van der Waals surface area contributed by atoms with Crippen LogP contribution in [0, 0.1) is 0 Å². The molecule has 2 saturated heterocycles. The maximum Gasteiger partial charge on any atom is 0.397 e. The SMILES string of the molecule is CC(C)O[C@@H]1O[C@@H](C(=O)O)[C@@H](O[C@H]2O[C@H](COS(=O)(=O)O)[C@@H](O)[C@H](O)[C@H]2NS(=O)(=O)O)[C@H](O)[C@H]1OS(=O)(=O)O. The first-order valence-electron chi connectivity index (χ1n) is 10.5. The fourth-order valence-corrected chi connectivity index (χ4v) is 4.97. The molecule has 0 amide bonds. The van der Waals surface area contributed by atoms with E-state index in [4.69, 9.17) is 28.1 Å². The predicted molar refractivity (Wildman–Crippen MR) is 116 cm³/mol. The topological polar surface area (TPSA) is 329 Å². The second-order valence-electron chi connectivity index (χ2n) is 8.38. The zero-order valence-electron chi connectivity index (χ0n) is 19.7. The van der Waals surface area contributed by atoms with Crippen LogP contribution in [0.2, 0.25) is 0 Å². The fourth-order valence-electron chi connectivity index (χ4n) is 3.59. The molecule has 0 spiro atoms. The zero-order chi connectivity index (χ0) is 30.1. The number of hydrogen-bond acceptors (Lipinski definition) is 16. The Kier molecular flexibility index (Phi) is 11.1. The summed E-state index contributed by atoms with van der Waals surface area (Å²) < 4.78 is 125. The highest BCUT2D eigenvalue weighted by Crippen LogP contribution is 2.32. The number of aliphatic hydroxyl groups is 3. The first kappa shape index (κ1) is 34.0. The number of ether oxygens (including phenoxy) is 4. The van der Waals surface area contributed by atoms with Crippen molar-refractivity contribution in [3.05, 3.63) is 0 Å². The van der Waals surface area contributed by atoms with E-state index in [0.29, 0.717) is 0 Å². The van der Waals surface area contributed by atoms with Gasteiger partial charge in [0.2, 0.25) is 0 Å². The summed E-state index contributed by atoms with van der Waals surface area (Å²) in [6, 6.07) is -2.20. The number of nitrogens with one attached hydrogen (secondary N) is 1. The van der Waals surface area contributed by atoms with Crippen LogP contribution < -0.4 is 4.72 Å². The highest BCUT2D eigenvalue weighted by Gasteiger charge is 2.55. The van der Waals surface area contributed by atoms with Gasteiger partial charge in [-0.1, -0.05) is 0 Å². The Labute approximate surface area is 221 Å². The highest BCUT2D eigenvalue weighted by molar-refractivity contribution is 7.83. The Hall–Kier alpha value is -1.20. The van der Waals surface area contributed by atoms with E-state index < -0.39 is 111 Å². The third-order valence-electron chi connectivity index (χ3n) is 5.06. The largest absolute Gasteiger partial charge is 0.479 e. The van der Waals surface area contributed by atoms with Crippen molar-refractivity contribution < 1.29 is 91.4 Å². The molecule has 21 nitrogen and oxygen atoms in total.